The molecule has 120 valence electrons. The maximum atomic E-state index is 13.2. The molecule has 0 fully saturated rings. The molecule has 23 heavy (non-hydrogen) atoms. The van der Waals surface area contributed by atoms with Gasteiger partial charge in [0.15, 0.2) is 0 Å². The zero-order valence-corrected chi connectivity index (χ0v) is 14.1. The minimum absolute atomic E-state index is 0.0392. The van der Waals surface area contributed by atoms with Crippen LogP contribution >= 0.6 is 27.5 Å². The van der Waals surface area contributed by atoms with E-state index in [9.17, 15) is 19.1 Å². The van der Waals surface area contributed by atoms with Gasteiger partial charge in [-0.25, -0.2) is 9.18 Å². The third-order valence-electron chi connectivity index (χ3n) is 3.12. The molecule has 0 saturated carbocycles. The smallest absolute Gasteiger partial charge is 0.326 e. The average molecular weight is 401 g/mol. The van der Waals surface area contributed by atoms with Crippen molar-refractivity contribution in [3.05, 3.63) is 68.9 Å². The van der Waals surface area contributed by atoms with Crippen LogP contribution in [0.15, 0.2) is 46.9 Å². The Hall–Kier alpha value is -1.92. The van der Waals surface area contributed by atoms with Crippen molar-refractivity contribution in [2.75, 3.05) is 0 Å². The summed E-state index contributed by atoms with van der Waals surface area (Å²) in [5.74, 6) is -2.42. The quantitative estimate of drug-likeness (QED) is 0.805. The van der Waals surface area contributed by atoms with Crippen molar-refractivity contribution in [2.45, 2.75) is 12.5 Å². The van der Waals surface area contributed by atoms with Crippen molar-refractivity contribution in [3.63, 3.8) is 0 Å². The van der Waals surface area contributed by atoms with Crippen LogP contribution in [0.3, 0.4) is 0 Å². The number of amides is 1. The highest BCUT2D eigenvalue weighted by Gasteiger charge is 2.22. The van der Waals surface area contributed by atoms with E-state index < -0.39 is 23.7 Å². The molecule has 0 saturated heterocycles. The van der Waals surface area contributed by atoms with Crippen LogP contribution < -0.4 is 5.32 Å². The van der Waals surface area contributed by atoms with Crippen molar-refractivity contribution < 1.29 is 19.1 Å². The SMILES string of the molecule is O=C(N[C@@H](Cc1cc(Cl)ccc1Br)C(=O)O)c1cccc(F)c1. The van der Waals surface area contributed by atoms with E-state index in [0.717, 1.165) is 6.07 Å². The molecule has 0 bridgehead atoms. The predicted molar refractivity (Wildman–Crippen MR) is 88.1 cm³/mol. The number of nitrogens with one attached hydrogen (secondary N) is 1. The van der Waals surface area contributed by atoms with E-state index in [-0.39, 0.29) is 12.0 Å². The second-order valence-corrected chi connectivity index (χ2v) is 6.11. The Kier molecular flexibility index (Phi) is 5.74. The first-order valence-electron chi connectivity index (χ1n) is 6.60. The Bertz CT molecular complexity index is 754. The Morgan fingerprint density at radius 1 is 1.26 bits per heavy atom. The van der Waals surface area contributed by atoms with E-state index in [0.29, 0.717) is 15.1 Å². The van der Waals surface area contributed by atoms with Gasteiger partial charge in [0.2, 0.25) is 0 Å². The van der Waals surface area contributed by atoms with Gasteiger partial charge in [-0.3, -0.25) is 4.79 Å². The summed E-state index contributed by atoms with van der Waals surface area (Å²) in [5, 5.41) is 12.2. The van der Waals surface area contributed by atoms with Crippen LogP contribution in [0.5, 0.6) is 0 Å². The monoisotopic (exact) mass is 399 g/mol. The minimum atomic E-state index is -1.19. The van der Waals surface area contributed by atoms with Crippen LogP contribution in [0.25, 0.3) is 0 Å². The summed E-state index contributed by atoms with van der Waals surface area (Å²) in [5.41, 5.74) is 0.700. The molecule has 0 aliphatic carbocycles. The number of hydrogen-bond acceptors (Lipinski definition) is 2. The summed E-state index contributed by atoms with van der Waals surface area (Å²) in [4.78, 5) is 23.5. The standard InChI is InChI=1S/C16H12BrClFNO3/c17-13-5-4-11(18)6-10(13)8-14(16(22)23)20-15(21)9-2-1-3-12(19)7-9/h1-7,14H,8H2,(H,20,21)(H,22,23)/t14-/m0/s1. The normalized spacial score (nSPS) is 11.8. The largest absolute Gasteiger partial charge is 0.480 e. The molecule has 2 N–H and O–H groups in total. The third kappa shape index (κ3) is 4.77. The zero-order valence-electron chi connectivity index (χ0n) is 11.7. The number of rotatable bonds is 5. The molecule has 1 atom stereocenters. The van der Waals surface area contributed by atoms with Crippen LogP contribution in [-0.2, 0) is 11.2 Å². The van der Waals surface area contributed by atoms with E-state index in [1.807, 2.05) is 0 Å². The summed E-state index contributed by atoms with van der Waals surface area (Å²) in [6, 6.07) is 8.86. The van der Waals surface area contributed by atoms with Gasteiger partial charge in [0.05, 0.1) is 0 Å². The van der Waals surface area contributed by atoms with Gasteiger partial charge in [0.1, 0.15) is 11.9 Å². The summed E-state index contributed by atoms with van der Waals surface area (Å²) >= 11 is 9.22. The number of carbonyl (C=O) groups is 2. The first-order chi connectivity index (χ1) is 10.9. The van der Waals surface area contributed by atoms with Gasteiger partial charge in [-0.1, -0.05) is 33.6 Å². The summed E-state index contributed by atoms with van der Waals surface area (Å²) < 4.78 is 13.8. The fourth-order valence-electron chi connectivity index (χ4n) is 1.99. The molecule has 1 amide bonds. The van der Waals surface area contributed by atoms with Crippen molar-refractivity contribution >= 4 is 39.4 Å². The third-order valence-corrected chi connectivity index (χ3v) is 4.13. The van der Waals surface area contributed by atoms with Gasteiger partial charge in [0, 0.05) is 21.5 Å². The number of halogens is 3. The van der Waals surface area contributed by atoms with E-state index in [4.69, 9.17) is 11.6 Å². The van der Waals surface area contributed by atoms with E-state index in [1.165, 1.54) is 18.2 Å². The Labute approximate surface area is 145 Å². The predicted octanol–water partition coefficient (Wildman–Crippen LogP) is 3.67. The van der Waals surface area contributed by atoms with Crippen molar-refractivity contribution in [1.82, 2.24) is 5.32 Å². The molecule has 0 spiro atoms. The highest BCUT2D eigenvalue weighted by molar-refractivity contribution is 9.10. The molecule has 0 aliphatic rings. The topological polar surface area (TPSA) is 66.4 Å². The summed E-state index contributed by atoms with van der Waals surface area (Å²) in [6.07, 6.45) is 0.0392. The fraction of sp³-hybridized carbons (Fsp3) is 0.125. The van der Waals surface area contributed by atoms with Crippen molar-refractivity contribution in [2.24, 2.45) is 0 Å². The first-order valence-corrected chi connectivity index (χ1v) is 7.77. The Morgan fingerprint density at radius 3 is 2.65 bits per heavy atom. The van der Waals surface area contributed by atoms with Gasteiger partial charge in [-0.05, 0) is 42.0 Å². The molecule has 4 nitrogen and oxygen atoms in total. The molecule has 0 radical (unpaired) electrons. The second kappa shape index (κ2) is 7.57. The lowest BCUT2D eigenvalue weighted by Crippen LogP contribution is -2.42. The van der Waals surface area contributed by atoms with Crippen LogP contribution in [0.2, 0.25) is 5.02 Å². The number of carboxylic acids is 1. The number of aliphatic carboxylic acids is 1. The van der Waals surface area contributed by atoms with E-state index >= 15 is 0 Å². The molecule has 0 aliphatic heterocycles. The lowest BCUT2D eigenvalue weighted by atomic mass is 10.1. The summed E-state index contributed by atoms with van der Waals surface area (Å²) in [7, 11) is 0. The lowest BCUT2D eigenvalue weighted by Gasteiger charge is -2.16. The number of carbonyl (C=O) groups excluding carboxylic acids is 1. The molecule has 2 aromatic carbocycles. The number of benzene rings is 2. The lowest BCUT2D eigenvalue weighted by molar-refractivity contribution is -0.139. The maximum absolute atomic E-state index is 13.2. The van der Waals surface area contributed by atoms with Gasteiger partial charge in [-0.15, -0.1) is 0 Å². The molecule has 0 heterocycles. The fourth-order valence-corrected chi connectivity index (χ4v) is 2.59. The Morgan fingerprint density at radius 2 is 2.00 bits per heavy atom. The van der Waals surface area contributed by atoms with Gasteiger partial charge in [-0.2, -0.15) is 0 Å². The minimum Gasteiger partial charge on any atom is -0.480 e. The zero-order chi connectivity index (χ0) is 17.0. The molecular formula is C16H12BrClFNO3. The van der Waals surface area contributed by atoms with Gasteiger partial charge < -0.3 is 10.4 Å². The van der Waals surface area contributed by atoms with E-state index in [1.54, 1.807) is 18.2 Å². The maximum Gasteiger partial charge on any atom is 0.326 e. The van der Waals surface area contributed by atoms with Crippen LogP contribution in [0.1, 0.15) is 15.9 Å². The number of carboxylic acid groups (broad SMARTS) is 1. The van der Waals surface area contributed by atoms with Gasteiger partial charge >= 0.3 is 5.97 Å². The van der Waals surface area contributed by atoms with Crippen LogP contribution in [-0.4, -0.2) is 23.0 Å². The average Bonchev–Trinajstić information content (AvgIpc) is 2.50. The molecule has 7 heteroatoms. The Balaban J connectivity index is 2.17. The molecule has 0 aromatic heterocycles. The van der Waals surface area contributed by atoms with Gasteiger partial charge in [0.25, 0.3) is 5.91 Å². The molecule has 0 unspecified atom stereocenters. The number of hydrogen-bond donors (Lipinski definition) is 2. The van der Waals surface area contributed by atoms with Crippen LogP contribution in [0, 0.1) is 5.82 Å². The molecular weight excluding hydrogens is 389 g/mol. The molecule has 2 rings (SSSR count). The second-order valence-electron chi connectivity index (χ2n) is 4.81. The molecule has 2 aromatic rings. The van der Waals surface area contributed by atoms with Crippen molar-refractivity contribution in [3.8, 4) is 0 Å². The van der Waals surface area contributed by atoms with Crippen molar-refractivity contribution in [1.29, 1.82) is 0 Å². The highest BCUT2D eigenvalue weighted by atomic mass is 79.9. The highest BCUT2D eigenvalue weighted by Crippen LogP contribution is 2.22. The first kappa shape index (κ1) is 17.4. The van der Waals surface area contributed by atoms with E-state index in [2.05, 4.69) is 21.2 Å². The van der Waals surface area contributed by atoms with Crippen LogP contribution in [0.4, 0.5) is 4.39 Å². The summed E-state index contributed by atoms with van der Waals surface area (Å²) in [6.45, 7) is 0.